The molecule has 2 aromatic rings. The zero-order valence-electron chi connectivity index (χ0n) is 16.0. The van der Waals surface area contributed by atoms with Crippen LogP contribution in [0.4, 0.5) is 23.7 Å². The van der Waals surface area contributed by atoms with Crippen molar-refractivity contribution in [3.8, 4) is 5.75 Å². The fourth-order valence-electron chi connectivity index (χ4n) is 3.10. The Hall–Kier alpha value is -3.55. The first-order valence-corrected chi connectivity index (χ1v) is 9.02. The third kappa shape index (κ3) is 4.53. The molecule has 1 aliphatic rings. The minimum atomic E-state index is -4.51. The Labute approximate surface area is 171 Å². The van der Waals surface area contributed by atoms with E-state index < -0.39 is 30.0 Å². The molecule has 156 valence electrons. The maximum atomic E-state index is 13.6. The van der Waals surface area contributed by atoms with Gasteiger partial charge in [-0.05, 0) is 48.7 Å². The molecule has 1 atom stereocenters. The van der Waals surface area contributed by atoms with Crippen molar-refractivity contribution < 1.29 is 27.5 Å². The predicted molar refractivity (Wildman–Crippen MR) is 107 cm³/mol. The van der Waals surface area contributed by atoms with Crippen LogP contribution in [-0.4, -0.2) is 18.2 Å². The largest absolute Gasteiger partial charge is 0.411 e. The molecule has 0 heterocycles. The van der Waals surface area contributed by atoms with Gasteiger partial charge >= 0.3 is 12.3 Å². The van der Waals surface area contributed by atoms with Crippen molar-refractivity contribution in [2.45, 2.75) is 19.5 Å². The third-order valence-corrected chi connectivity index (χ3v) is 4.82. The summed E-state index contributed by atoms with van der Waals surface area (Å²) in [6.07, 6.45) is -3.53. The molecule has 0 radical (unpaired) electrons. The highest BCUT2D eigenvalue weighted by Gasteiger charge is 2.51. The lowest BCUT2D eigenvalue weighted by atomic mass is 9.75. The van der Waals surface area contributed by atoms with Crippen LogP contribution < -0.4 is 15.8 Å². The van der Waals surface area contributed by atoms with Crippen molar-refractivity contribution in [3.63, 3.8) is 0 Å². The number of ether oxygens (including phenoxy) is 1. The molecule has 1 unspecified atom stereocenters. The number of anilines is 1. The van der Waals surface area contributed by atoms with Crippen LogP contribution in [0.25, 0.3) is 5.57 Å². The molecule has 0 saturated heterocycles. The second-order valence-electron chi connectivity index (χ2n) is 7.08. The van der Waals surface area contributed by atoms with Crippen LogP contribution in [0.2, 0.25) is 0 Å². The zero-order chi connectivity index (χ0) is 21.9. The number of nitrogens with one attached hydrogen (secondary N) is 1. The molecule has 8 heteroatoms. The maximum absolute atomic E-state index is 13.6. The van der Waals surface area contributed by atoms with Crippen LogP contribution in [0, 0.1) is 5.41 Å². The summed E-state index contributed by atoms with van der Waals surface area (Å²) in [5.41, 5.74) is 4.22. The lowest BCUT2D eigenvalue weighted by molar-refractivity contribution is -0.199. The summed E-state index contributed by atoms with van der Waals surface area (Å²) >= 11 is 0. The van der Waals surface area contributed by atoms with Crippen LogP contribution in [0.15, 0.2) is 72.3 Å². The number of primary amides is 1. The minimum absolute atomic E-state index is 0.0287. The van der Waals surface area contributed by atoms with Gasteiger partial charge in [0.05, 0.1) is 5.41 Å². The average molecular weight is 416 g/mol. The van der Waals surface area contributed by atoms with Crippen molar-refractivity contribution >= 4 is 23.3 Å². The third-order valence-electron chi connectivity index (χ3n) is 4.82. The van der Waals surface area contributed by atoms with Crippen LogP contribution in [0.5, 0.6) is 5.75 Å². The van der Waals surface area contributed by atoms with E-state index in [-0.39, 0.29) is 11.3 Å². The number of benzene rings is 2. The first-order chi connectivity index (χ1) is 14.1. The maximum Gasteiger partial charge on any atom is 0.409 e. The number of carbonyl (C=O) groups is 2. The number of rotatable bonds is 4. The second-order valence-corrected chi connectivity index (χ2v) is 7.08. The van der Waals surface area contributed by atoms with E-state index in [9.17, 15) is 22.8 Å². The lowest BCUT2D eigenvalue weighted by Gasteiger charge is -2.33. The molecule has 0 bridgehead atoms. The van der Waals surface area contributed by atoms with Crippen molar-refractivity contribution in [3.05, 3.63) is 77.9 Å². The van der Waals surface area contributed by atoms with Gasteiger partial charge in [0.1, 0.15) is 5.75 Å². The molecule has 0 fully saturated rings. The summed E-state index contributed by atoms with van der Waals surface area (Å²) in [6.45, 7) is 1.06. The van der Waals surface area contributed by atoms with Gasteiger partial charge in [-0.15, -0.1) is 0 Å². The number of carbonyl (C=O) groups excluding carboxylic acids is 2. The topological polar surface area (TPSA) is 81.4 Å². The molecular weight excluding hydrogens is 397 g/mol. The minimum Gasteiger partial charge on any atom is -0.411 e. The summed E-state index contributed by atoms with van der Waals surface area (Å²) in [6, 6.07) is 14.5. The zero-order valence-corrected chi connectivity index (χ0v) is 16.0. The van der Waals surface area contributed by atoms with Gasteiger partial charge in [-0.3, -0.25) is 4.79 Å². The van der Waals surface area contributed by atoms with Gasteiger partial charge in [-0.25, -0.2) is 4.79 Å². The number of allylic oxidation sites excluding steroid dienone is 3. The van der Waals surface area contributed by atoms with Gasteiger partial charge in [-0.2, -0.15) is 13.2 Å². The number of hydrogen-bond acceptors (Lipinski definition) is 3. The molecule has 5 nitrogen and oxygen atoms in total. The Morgan fingerprint density at radius 3 is 2.27 bits per heavy atom. The van der Waals surface area contributed by atoms with Crippen molar-refractivity contribution in [1.82, 2.24) is 0 Å². The highest BCUT2D eigenvalue weighted by Crippen LogP contribution is 2.48. The molecule has 0 spiro atoms. The molecular formula is C22H19F3N2O3. The van der Waals surface area contributed by atoms with Gasteiger partial charge < -0.3 is 15.8 Å². The van der Waals surface area contributed by atoms with Gasteiger partial charge in [-0.1, -0.05) is 42.5 Å². The van der Waals surface area contributed by atoms with Crippen LogP contribution in [0.1, 0.15) is 18.9 Å². The van der Waals surface area contributed by atoms with Crippen LogP contribution >= 0.6 is 0 Å². The predicted octanol–water partition coefficient (Wildman–Crippen LogP) is 5.06. The number of halogens is 3. The smallest absolute Gasteiger partial charge is 0.409 e. The van der Waals surface area contributed by atoms with Crippen LogP contribution in [0.3, 0.4) is 0 Å². The van der Waals surface area contributed by atoms with E-state index in [1.54, 1.807) is 30.3 Å². The molecule has 3 rings (SSSR count). The Kier molecular flexibility index (Phi) is 5.69. The first kappa shape index (κ1) is 21.2. The average Bonchev–Trinajstić information content (AvgIpc) is 2.69. The van der Waals surface area contributed by atoms with Gasteiger partial charge in [0.25, 0.3) is 5.91 Å². The molecule has 2 aromatic carbocycles. The number of amides is 2. The summed E-state index contributed by atoms with van der Waals surface area (Å²) in [4.78, 5) is 23.7. The Balaban J connectivity index is 1.93. The van der Waals surface area contributed by atoms with Gasteiger partial charge in [0, 0.05) is 11.3 Å². The summed E-state index contributed by atoms with van der Waals surface area (Å²) in [5, 5.41) is 2.61. The van der Waals surface area contributed by atoms with Crippen molar-refractivity contribution in [1.29, 1.82) is 0 Å². The standard InChI is InChI=1S/C22H19F3N2O3/c1-21(22(23,24)25)12-11-17(14-5-3-2-4-6-14)18(13-21)19(28)27-15-7-9-16(10-8-15)30-20(26)29/h2-12H,13H2,1H3,(H2,26,29)(H,27,28). The number of hydrogen-bond donors (Lipinski definition) is 2. The number of alkyl halides is 3. The van der Waals surface area contributed by atoms with E-state index in [2.05, 4.69) is 5.32 Å². The van der Waals surface area contributed by atoms with E-state index >= 15 is 0 Å². The van der Waals surface area contributed by atoms with E-state index in [1.807, 2.05) is 0 Å². The van der Waals surface area contributed by atoms with E-state index in [4.69, 9.17) is 10.5 Å². The van der Waals surface area contributed by atoms with Crippen molar-refractivity contribution in [2.75, 3.05) is 5.32 Å². The van der Waals surface area contributed by atoms with Crippen LogP contribution in [-0.2, 0) is 4.79 Å². The lowest BCUT2D eigenvalue weighted by Crippen LogP contribution is -2.37. The van der Waals surface area contributed by atoms with Gasteiger partial charge in [0.15, 0.2) is 0 Å². The molecule has 3 N–H and O–H groups in total. The van der Waals surface area contributed by atoms with E-state index in [0.29, 0.717) is 16.8 Å². The van der Waals surface area contributed by atoms with E-state index in [0.717, 1.165) is 13.0 Å². The Morgan fingerprint density at radius 1 is 1.07 bits per heavy atom. The quantitative estimate of drug-likeness (QED) is 0.731. The second kappa shape index (κ2) is 8.06. The Morgan fingerprint density at radius 2 is 1.70 bits per heavy atom. The molecule has 1 aliphatic carbocycles. The van der Waals surface area contributed by atoms with Gasteiger partial charge in [0.2, 0.25) is 0 Å². The summed E-state index contributed by atoms with van der Waals surface area (Å²) in [7, 11) is 0. The molecule has 0 saturated carbocycles. The highest BCUT2D eigenvalue weighted by atomic mass is 19.4. The number of nitrogens with two attached hydrogens (primary N) is 1. The summed E-state index contributed by atoms with van der Waals surface area (Å²) < 4.78 is 45.5. The monoisotopic (exact) mass is 416 g/mol. The SMILES string of the molecule is CC1(C(F)(F)F)C=CC(c2ccccc2)=C(C(=O)Nc2ccc(OC(N)=O)cc2)C1. The molecule has 0 aliphatic heterocycles. The highest BCUT2D eigenvalue weighted by molar-refractivity contribution is 6.10. The fraction of sp³-hybridized carbons (Fsp3) is 0.182. The molecule has 0 aromatic heterocycles. The molecule has 30 heavy (non-hydrogen) atoms. The fourth-order valence-corrected chi connectivity index (χ4v) is 3.10. The van der Waals surface area contributed by atoms with E-state index in [1.165, 1.54) is 30.3 Å². The normalized spacial score (nSPS) is 18.8. The summed E-state index contributed by atoms with van der Waals surface area (Å²) in [5.74, 6) is -0.466. The Bertz CT molecular complexity index is 1010. The first-order valence-electron chi connectivity index (χ1n) is 9.02. The molecule has 2 amide bonds. The van der Waals surface area contributed by atoms with Crippen molar-refractivity contribution in [2.24, 2.45) is 11.1 Å².